The minimum atomic E-state index is -2.94. The second kappa shape index (κ2) is 4.30. The maximum atomic E-state index is 11.6. The molecule has 2 aliphatic heterocycles. The van der Waals surface area contributed by atoms with Gasteiger partial charge in [-0.3, -0.25) is 0 Å². The number of carbonyl (C=O) groups is 1. The average molecular weight is 284 g/mol. The Morgan fingerprint density at radius 2 is 1.95 bits per heavy atom. The van der Waals surface area contributed by atoms with E-state index in [1.165, 1.54) is 0 Å². The number of benzene rings is 1. The second-order valence-electron chi connectivity index (χ2n) is 4.44. The highest BCUT2D eigenvalue weighted by molar-refractivity contribution is 7.92. The summed E-state index contributed by atoms with van der Waals surface area (Å²) in [5, 5.41) is 5.20. The third-order valence-electron chi connectivity index (χ3n) is 2.88. The van der Waals surface area contributed by atoms with Gasteiger partial charge in [-0.15, -0.1) is 0 Å². The smallest absolute Gasteiger partial charge is 0.319 e. The van der Waals surface area contributed by atoms with E-state index in [0.29, 0.717) is 17.2 Å². The molecule has 0 radical (unpaired) electrons. The number of hydrogen-bond acceptors (Lipinski definition) is 5. The molecule has 7 nitrogen and oxygen atoms in total. The molecule has 0 spiro atoms. The topological polar surface area (TPSA) is 93.7 Å². The molecule has 8 heteroatoms. The Morgan fingerprint density at radius 3 is 2.68 bits per heavy atom. The van der Waals surface area contributed by atoms with Crippen LogP contribution >= 0.6 is 0 Å². The molecule has 3 rings (SSSR count). The highest BCUT2D eigenvalue weighted by atomic mass is 32.2. The first kappa shape index (κ1) is 12.1. The van der Waals surface area contributed by atoms with Gasteiger partial charge >= 0.3 is 6.03 Å². The van der Waals surface area contributed by atoms with Gasteiger partial charge < -0.3 is 20.1 Å². The molecule has 0 aromatic heterocycles. The largest absolute Gasteiger partial charge is 0.454 e. The molecular formula is C11H12N2O5S. The quantitative estimate of drug-likeness (QED) is 0.816. The number of hydrogen-bond donors (Lipinski definition) is 2. The van der Waals surface area contributed by atoms with E-state index in [1.807, 2.05) is 0 Å². The molecule has 1 saturated heterocycles. The summed E-state index contributed by atoms with van der Waals surface area (Å²) in [4.78, 5) is 11.6. The summed E-state index contributed by atoms with van der Waals surface area (Å²) in [7, 11) is -2.94. The summed E-state index contributed by atoms with van der Waals surface area (Å²) in [6.07, 6.45) is 0. The number of ether oxygens (including phenoxy) is 2. The second-order valence-corrected chi connectivity index (χ2v) is 6.59. The van der Waals surface area contributed by atoms with E-state index in [4.69, 9.17) is 9.47 Å². The van der Waals surface area contributed by atoms with Crippen molar-refractivity contribution in [2.45, 2.75) is 6.04 Å². The van der Waals surface area contributed by atoms with Gasteiger partial charge in [0, 0.05) is 11.8 Å². The lowest BCUT2D eigenvalue weighted by molar-refractivity contribution is 0.174. The predicted molar refractivity (Wildman–Crippen MR) is 67.2 cm³/mol. The van der Waals surface area contributed by atoms with Crippen LogP contribution in [-0.2, 0) is 9.84 Å². The fourth-order valence-corrected chi connectivity index (χ4v) is 3.27. The highest BCUT2D eigenvalue weighted by Gasteiger charge is 2.34. The maximum Gasteiger partial charge on any atom is 0.319 e. The lowest BCUT2D eigenvalue weighted by Gasteiger charge is -2.26. The molecule has 0 unspecified atom stereocenters. The fraction of sp³-hybridized carbons (Fsp3) is 0.364. The molecule has 0 saturated carbocycles. The standard InChI is InChI=1S/C11H12N2O5S/c14-11(13-8-4-19(15,16)5-8)12-7-1-2-9-10(3-7)18-6-17-9/h1-3,8H,4-6H2,(H2,12,13,14). The van der Waals surface area contributed by atoms with E-state index in [2.05, 4.69) is 10.6 Å². The van der Waals surface area contributed by atoms with Crippen LogP contribution in [0.15, 0.2) is 18.2 Å². The van der Waals surface area contributed by atoms with E-state index >= 15 is 0 Å². The molecule has 0 atom stereocenters. The Balaban J connectivity index is 1.58. The number of anilines is 1. The van der Waals surface area contributed by atoms with Crippen molar-refractivity contribution in [3.05, 3.63) is 18.2 Å². The van der Waals surface area contributed by atoms with Crippen LogP contribution in [0.2, 0.25) is 0 Å². The van der Waals surface area contributed by atoms with Crippen LogP contribution in [0.25, 0.3) is 0 Å². The van der Waals surface area contributed by atoms with Crippen LogP contribution in [0.4, 0.5) is 10.5 Å². The number of urea groups is 1. The molecule has 102 valence electrons. The minimum absolute atomic E-state index is 0.00155. The van der Waals surface area contributed by atoms with Crippen LogP contribution in [-0.4, -0.2) is 38.8 Å². The van der Waals surface area contributed by atoms with Crippen molar-refractivity contribution in [2.24, 2.45) is 0 Å². The van der Waals surface area contributed by atoms with Gasteiger partial charge in [0.1, 0.15) is 0 Å². The number of rotatable bonds is 2. The molecule has 2 amide bonds. The zero-order valence-corrected chi connectivity index (χ0v) is 10.7. The Labute approximate surface area is 109 Å². The zero-order chi connectivity index (χ0) is 13.5. The Morgan fingerprint density at radius 1 is 1.21 bits per heavy atom. The van der Waals surface area contributed by atoms with Crippen molar-refractivity contribution < 1.29 is 22.7 Å². The van der Waals surface area contributed by atoms with Crippen molar-refractivity contribution in [1.29, 1.82) is 0 Å². The van der Waals surface area contributed by atoms with E-state index in [0.717, 1.165) is 0 Å². The van der Waals surface area contributed by atoms with Crippen molar-refractivity contribution in [2.75, 3.05) is 23.6 Å². The maximum absolute atomic E-state index is 11.6. The molecule has 2 heterocycles. The summed E-state index contributed by atoms with van der Waals surface area (Å²) in [5.41, 5.74) is 0.559. The highest BCUT2D eigenvalue weighted by Crippen LogP contribution is 2.34. The normalized spacial score (nSPS) is 19.6. The Kier molecular flexibility index (Phi) is 2.74. The third kappa shape index (κ3) is 2.58. The van der Waals surface area contributed by atoms with Crippen LogP contribution in [0.1, 0.15) is 0 Å². The Hall–Kier alpha value is -1.96. The molecule has 0 aliphatic carbocycles. The van der Waals surface area contributed by atoms with Gasteiger partial charge in [0.2, 0.25) is 6.79 Å². The van der Waals surface area contributed by atoms with Crippen LogP contribution in [0.3, 0.4) is 0 Å². The summed E-state index contributed by atoms with van der Waals surface area (Å²) < 4.78 is 32.3. The Bertz CT molecular complexity index is 616. The van der Waals surface area contributed by atoms with Gasteiger partial charge in [-0.1, -0.05) is 0 Å². The number of carbonyl (C=O) groups excluding carboxylic acids is 1. The van der Waals surface area contributed by atoms with Gasteiger partial charge in [-0.25, -0.2) is 13.2 Å². The number of fused-ring (bicyclic) bond motifs is 1. The summed E-state index contributed by atoms with van der Waals surface area (Å²) >= 11 is 0. The summed E-state index contributed by atoms with van der Waals surface area (Å²) in [6.45, 7) is 0.172. The third-order valence-corrected chi connectivity index (χ3v) is 4.70. The van der Waals surface area contributed by atoms with Crippen molar-refractivity contribution in [3.8, 4) is 11.5 Å². The minimum Gasteiger partial charge on any atom is -0.454 e. The SMILES string of the molecule is O=C(Nc1ccc2c(c1)OCO2)NC1CS(=O)(=O)C1. The molecule has 1 fully saturated rings. The molecule has 2 N–H and O–H groups in total. The molecule has 1 aromatic rings. The van der Waals surface area contributed by atoms with E-state index in [9.17, 15) is 13.2 Å². The van der Waals surface area contributed by atoms with Crippen LogP contribution < -0.4 is 20.1 Å². The van der Waals surface area contributed by atoms with Crippen molar-refractivity contribution >= 4 is 21.6 Å². The van der Waals surface area contributed by atoms with Crippen LogP contribution in [0, 0.1) is 0 Å². The monoisotopic (exact) mass is 284 g/mol. The molecule has 2 aliphatic rings. The summed E-state index contributed by atoms with van der Waals surface area (Å²) in [5.74, 6) is 1.21. The zero-order valence-electron chi connectivity index (χ0n) is 9.88. The predicted octanol–water partition coefficient (Wildman–Crippen LogP) is 0.334. The van der Waals surface area contributed by atoms with E-state index in [-0.39, 0.29) is 24.3 Å². The van der Waals surface area contributed by atoms with Gasteiger partial charge in [-0.05, 0) is 12.1 Å². The van der Waals surface area contributed by atoms with Gasteiger partial charge in [0.15, 0.2) is 21.3 Å². The molecule has 1 aromatic carbocycles. The number of nitrogens with one attached hydrogen (secondary N) is 2. The van der Waals surface area contributed by atoms with Crippen LogP contribution in [0.5, 0.6) is 11.5 Å². The fourth-order valence-electron chi connectivity index (χ4n) is 1.97. The average Bonchev–Trinajstić information content (AvgIpc) is 2.73. The van der Waals surface area contributed by atoms with E-state index in [1.54, 1.807) is 18.2 Å². The molecule has 19 heavy (non-hydrogen) atoms. The van der Waals surface area contributed by atoms with Gasteiger partial charge in [0.25, 0.3) is 0 Å². The first-order valence-electron chi connectivity index (χ1n) is 5.69. The first-order valence-corrected chi connectivity index (χ1v) is 7.51. The van der Waals surface area contributed by atoms with Gasteiger partial charge in [0.05, 0.1) is 17.5 Å². The molecular weight excluding hydrogens is 272 g/mol. The lowest BCUT2D eigenvalue weighted by atomic mass is 10.3. The number of amides is 2. The van der Waals surface area contributed by atoms with Crippen molar-refractivity contribution in [1.82, 2.24) is 5.32 Å². The summed E-state index contributed by atoms with van der Waals surface area (Å²) in [6, 6.07) is 4.30. The number of sulfone groups is 1. The van der Waals surface area contributed by atoms with Crippen molar-refractivity contribution in [3.63, 3.8) is 0 Å². The van der Waals surface area contributed by atoms with E-state index < -0.39 is 15.9 Å². The molecule has 0 bridgehead atoms. The lowest BCUT2D eigenvalue weighted by Crippen LogP contribution is -2.53. The van der Waals surface area contributed by atoms with Gasteiger partial charge in [-0.2, -0.15) is 0 Å². The first-order chi connectivity index (χ1) is 9.02.